The molecule has 0 rings (SSSR count). The normalized spacial score (nSPS) is 9.00. The summed E-state index contributed by atoms with van der Waals surface area (Å²) in [5.74, 6) is -1.53. The number of aliphatic hydroxyl groups excluding tert-OH is 2. The highest BCUT2D eigenvalue weighted by Gasteiger charge is 2.11. The molecule has 0 aliphatic carbocycles. The van der Waals surface area contributed by atoms with Gasteiger partial charge in [0, 0.05) is 11.1 Å². The van der Waals surface area contributed by atoms with E-state index in [1.54, 1.807) is 0 Å². The van der Waals surface area contributed by atoms with Gasteiger partial charge in [-0.1, -0.05) is 13.2 Å². The van der Waals surface area contributed by atoms with Crippen LogP contribution in [0.3, 0.4) is 0 Å². The van der Waals surface area contributed by atoms with Gasteiger partial charge in [-0.2, -0.15) is 0 Å². The lowest BCUT2D eigenvalue weighted by Crippen LogP contribution is -2.25. The summed E-state index contributed by atoms with van der Waals surface area (Å²) in [4.78, 5) is 20.3. The van der Waals surface area contributed by atoms with Crippen molar-refractivity contribution < 1.29 is 29.6 Å². The third kappa shape index (κ3) is 10.6. The number of carboxylic acid groups (broad SMARTS) is 1. The number of carbonyl (C=O) groups excluding carboxylic acids is 1. The minimum atomic E-state index is -0.935. The summed E-state index contributed by atoms with van der Waals surface area (Å²) in [6.07, 6.45) is -0.834. The number of aliphatic carboxylic acids is 1. The van der Waals surface area contributed by atoms with E-state index < -0.39 is 18.0 Å². The maximum atomic E-state index is 10.7. The van der Waals surface area contributed by atoms with Crippen molar-refractivity contribution in [2.45, 2.75) is 20.0 Å². The zero-order valence-corrected chi connectivity index (χ0v) is 9.97. The van der Waals surface area contributed by atoms with Crippen molar-refractivity contribution >= 4 is 11.9 Å². The van der Waals surface area contributed by atoms with Crippen LogP contribution in [0.4, 0.5) is 0 Å². The monoisotopic (exact) mass is 246 g/mol. The van der Waals surface area contributed by atoms with Crippen molar-refractivity contribution in [2.24, 2.45) is 0 Å². The molecule has 6 nitrogen and oxygen atoms in total. The zero-order valence-electron chi connectivity index (χ0n) is 9.97. The Morgan fingerprint density at radius 1 is 1.12 bits per heavy atom. The van der Waals surface area contributed by atoms with Gasteiger partial charge in [0.05, 0.1) is 13.2 Å². The molecule has 0 heterocycles. The number of esters is 1. The molecule has 0 aliphatic rings. The average molecular weight is 246 g/mol. The standard InChI is InChI=1S/C7H12O4.C4H6O2/c1-5(2)7(10)11-6(3-8)4-9;1-3(2)4(5)6/h6,8-9H,1,3-4H2,2H3;1H2,2H3,(H,5,6). The summed E-state index contributed by atoms with van der Waals surface area (Å²) in [5.41, 5.74) is 0.423. The maximum Gasteiger partial charge on any atom is 0.333 e. The van der Waals surface area contributed by atoms with Crippen molar-refractivity contribution in [3.63, 3.8) is 0 Å². The topological polar surface area (TPSA) is 104 Å². The van der Waals surface area contributed by atoms with Crippen LogP contribution in [0.2, 0.25) is 0 Å². The van der Waals surface area contributed by atoms with E-state index in [2.05, 4.69) is 17.9 Å². The molecule has 0 radical (unpaired) electrons. The number of ether oxygens (including phenoxy) is 1. The summed E-state index contributed by atoms with van der Waals surface area (Å²) in [5, 5.41) is 24.9. The molecule has 0 aromatic heterocycles. The van der Waals surface area contributed by atoms with Crippen LogP contribution in [0.5, 0.6) is 0 Å². The van der Waals surface area contributed by atoms with Gasteiger partial charge in [-0.05, 0) is 13.8 Å². The van der Waals surface area contributed by atoms with Gasteiger partial charge in [0.1, 0.15) is 6.10 Å². The Morgan fingerprint density at radius 3 is 1.65 bits per heavy atom. The molecule has 3 N–H and O–H groups in total. The fourth-order valence-corrected chi connectivity index (χ4v) is 0.384. The van der Waals surface area contributed by atoms with E-state index in [0.29, 0.717) is 0 Å². The summed E-state index contributed by atoms with van der Waals surface area (Å²) in [6.45, 7) is 8.68. The van der Waals surface area contributed by atoms with Crippen LogP contribution < -0.4 is 0 Å². The van der Waals surface area contributed by atoms with E-state index in [9.17, 15) is 9.59 Å². The van der Waals surface area contributed by atoms with Gasteiger partial charge < -0.3 is 20.1 Å². The lowest BCUT2D eigenvalue weighted by molar-refractivity contribution is -0.148. The van der Waals surface area contributed by atoms with Crippen LogP contribution in [0.15, 0.2) is 24.3 Å². The minimum absolute atomic E-state index is 0.176. The fraction of sp³-hybridized carbons (Fsp3) is 0.455. The summed E-state index contributed by atoms with van der Waals surface area (Å²) in [7, 11) is 0. The molecule has 0 spiro atoms. The van der Waals surface area contributed by atoms with Crippen molar-refractivity contribution in [3.8, 4) is 0 Å². The molecule has 0 aliphatic heterocycles. The largest absolute Gasteiger partial charge is 0.478 e. The molecule has 6 heteroatoms. The first-order valence-corrected chi connectivity index (χ1v) is 4.73. The molecule has 0 fully saturated rings. The van der Waals surface area contributed by atoms with Gasteiger partial charge in [0.15, 0.2) is 0 Å². The molecule has 0 amide bonds. The third-order valence-electron chi connectivity index (χ3n) is 1.39. The fourth-order valence-electron chi connectivity index (χ4n) is 0.384. The van der Waals surface area contributed by atoms with Crippen molar-refractivity contribution in [3.05, 3.63) is 24.3 Å². The Kier molecular flexibility index (Phi) is 9.97. The molecule has 0 aromatic rings. The lowest BCUT2D eigenvalue weighted by Gasteiger charge is -2.11. The average Bonchev–Trinajstić information content (AvgIpc) is 2.25. The molecule has 98 valence electrons. The second kappa shape index (κ2) is 9.56. The molecule has 0 unspecified atom stereocenters. The van der Waals surface area contributed by atoms with Crippen LogP contribution in [0.25, 0.3) is 0 Å². The maximum absolute atomic E-state index is 10.7. The van der Waals surface area contributed by atoms with Crippen LogP contribution in [-0.2, 0) is 14.3 Å². The highest BCUT2D eigenvalue weighted by Crippen LogP contribution is 1.96. The van der Waals surface area contributed by atoms with Crippen LogP contribution in [0, 0.1) is 0 Å². The van der Waals surface area contributed by atoms with Gasteiger partial charge in [-0.25, -0.2) is 9.59 Å². The van der Waals surface area contributed by atoms with Crippen LogP contribution in [0.1, 0.15) is 13.8 Å². The number of rotatable bonds is 5. The summed E-state index contributed by atoms with van der Waals surface area (Å²) >= 11 is 0. The molecule has 0 saturated heterocycles. The Hall–Kier alpha value is -1.66. The first-order chi connectivity index (χ1) is 7.76. The van der Waals surface area contributed by atoms with E-state index in [0.717, 1.165) is 0 Å². The number of hydrogen-bond donors (Lipinski definition) is 3. The molecular formula is C11H18O6. The van der Waals surface area contributed by atoms with Crippen molar-refractivity contribution in [1.29, 1.82) is 0 Å². The second-order valence-corrected chi connectivity index (χ2v) is 3.26. The minimum Gasteiger partial charge on any atom is -0.478 e. The first kappa shape index (κ1) is 17.7. The smallest absolute Gasteiger partial charge is 0.333 e. The van der Waals surface area contributed by atoms with Crippen LogP contribution >= 0.6 is 0 Å². The van der Waals surface area contributed by atoms with E-state index in [1.165, 1.54) is 13.8 Å². The number of hydrogen-bond acceptors (Lipinski definition) is 5. The zero-order chi connectivity index (χ0) is 14.0. The van der Waals surface area contributed by atoms with Crippen LogP contribution in [-0.4, -0.2) is 46.6 Å². The molecular weight excluding hydrogens is 228 g/mol. The number of aliphatic hydroxyl groups is 2. The van der Waals surface area contributed by atoms with Gasteiger partial charge in [-0.15, -0.1) is 0 Å². The molecule has 0 aromatic carbocycles. The summed E-state index contributed by atoms with van der Waals surface area (Å²) in [6, 6.07) is 0. The quantitative estimate of drug-likeness (QED) is 0.469. The van der Waals surface area contributed by atoms with E-state index in [4.69, 9.17) is 15.3 Å². The summed E-state index contributed by atoms with van der Waals surface area (Å²) < 4.78 is 4.57. The van der Waals surface area contributed by atoms with E-state index in [-0.39, 0.29) is 24.4 Å². The molecule has 0 bridgehead atoms. The van der Waals surface area contributed by atoms with Gasteiger partial charge in [0.2, 0.25) is 0 Å². The highest BCUT2D eigenvalue weighted by atomic mass is 16.6. The van der Waals surface area contributed by atoms with E-state index in [1.807, 2.05) is 0 Å². The molecule has 0 saturated carbocycles. The third-order valence-corrected chi connectivity index (χ3v) is 1.39. The van der Waals surface area contributed by atoms with Crippen molar-refractivity contribution in [2.75, 3.05) is 13.2 Å². The molecule has 17 heavy (non-hydrogen) atoms. The predicted octanol–water partition coefficient (Wildman–Crippen LogP) is 0.106. The highest BCUT2D eigenvalue weighted by molar-refractivity contribution is 5.87. The van der Waals surface area contributed by atoms with Gasteiger partial charge >= 0.3 is 11.9 Å². The van der Waals surface area contributed by atoms with Crippen molar-refractivity contribution in [1.82, 2.24) is 0 Å². The second-order valence-electron chi connectivity index (χ2n) is 3.26. The SMILES string of the molecule is C=C(C)C(=O)O.C=C(C)C(=O)OC(CO)CO. The van der Waals surface area contributed by atoms with Gasteiger partial charge in [-0.3, -0.25) is 0 Å². The number of carboxylic acids is 1. The predicted molar refractivity (Wildman–Crippen MR) is 61.3 cm³/mol. The Bertz CT molecular complexity index is 278. The first-order valence-electron chi connectivity index (χ1n) is 4.73. The molecule has 0 atom stereocenters. The van der Waals surface area contributed by atoms with Gasteiger partial charge in [0.25, 0.3) is 0 Å². The van der Waals surface area contributed by atoms with E-state index >= 15 is 0 Å². The Balaban J connectivity index is 0. The number of carbonyl (C=O) groups is 2. The Labute approximate surface area is 99.8 Å². The Morgan fingerprint density at radius 2 is 1.47 bits per heavy atom. The lowest BCUT2D eigenvalue weighted by atomic mass is 10.3.